The van der Waals surface area contributed by atoms with E-state index >= 15 is 0 Å². The number of nitrogens with one attached hydrogen (secondary N) is 2. The topological polar surface area (TPSA) is 151 Å². The van der Waals surface area contributed by atoms with Crippen LogP contribution in [-0.2, 0) is 26.2 Å². The summed E-state index contributed by atoms with van der Waals surface area (Å²) in [5.74, 6) is -0.811. The molecule has 1 saturated heterocycles. The Hall–Kier alpha value is -4.79. The summed E-state index contributed by atoms with van der Waals surface area (Å²) in [6.45, 7) is 3.34. The number of aromatic hydroxyl groups is 2. The number of benzene rings is 1. The van der Waals surface area contributed by atoms with Gasteiger partial charge in [0.25, 0.3) is 16.7 Å². The van der Waals surface area contributed by atoms with Gasteiger partial charge in [0.1, 0.15) is 5.75 Å². The molecule has 12 nitrogen and oxygen atoms in total. The van der Waals surface area contributed by atoms with E-state index in [0.29, 0.717) is 56.3 Å². The average Bonchev–Trinajstić information content (AvgIpc) is 3.21. The van der Waals surface area contributed by atoms with E-state index in [2.05, 4.69) is 27.0 Å². The summed E-state index contributed by atoms with van der Waals surface area (Å²) in [7, 11) is 1.61. The second kappa shape index (κ2) is 17.2. The highest BCUT2D eigenvalue weighted by molar-refractivity contribution is 7.71. The van der Waals surface area contributed by atoms with Crippen molar-refractivity contribution in [2.75, 3.05) is 20.2 Å². The molecule has 0 spiro atoms. The second-order valence-corrected chi connectivity index (χ2v) is 17.2. The number of H-pyrrole nitrogens is 2. The number of piperidine rings is 1. The van der Waals surface area contributed by atoms with Gasteiger partial charge < -0.3 is 19.5 Å². The van der Waals surface area contributed by atoms with Crippen LogP contribution in [0.4, 0.5) is 0 Å². The van der Waals surface area contributed by atoms with E-state index in [1.807, 2.05) is 28.8 Å². The molecule has 5 heterocycles. The number of hydrogen-bond acceptors (Lipinski definition) is 9. The number of nitrogens with zero attached hydrogens (tertiary/aromatic N) is 4. The molecule has 2 aliphatic heterocycles. The summed E-state index contributed by atoms with van der Waals surface area (Å²) in [6.07, 6.45) is 15.2. The zero-order valence-corrected chi connectivity index (χ0v) is 34.6. The Bertz CT molecular complexity index is 2470. The van der Waals surface area contributed by atoms with E-state index in [4.69, 9.17) is 29.2 Å². The zero-order chi connectivity index (χ0) is 40.5. The van der Waals surface area contributed by atoms with E-state index in [0.717, 1.165) is 82.1 Å². The van der Waals surface area contributed by atoms with Crippen LogP contribution in [0.5, 0.6) is 17.5 Å². The minimum atomic E-state index is -1.22. The van der Waals surface area contributed by atoms with Gasteiger partial charge in [-0.25, -0.2) is 0 Å². The molecule has 4 aromatic rings. The fourth-order valence-electron chi connectivity index (χ4n) is 9.80. The lowest BCUT2D eigenvalue weighted by molar-refractivity contribution is 0.113. The lowest BCUT2D eigenvalue weighted by Gasteiger charge is -2.43. The standard InChI is InChI=1S/C44H52N6O6S2/c1-56-34-16-15-30(22-32(34)26-47-23-29-21-31(25-47)33-13-8-14-35(51)50(33)24-29)36(37-39(52)45-43(57)48(41(37)54)19-17-27-9-4-2-5-10-27)38-40(53)46-44(58)49(42(38)55)20-18-28-11-6-3-7-12-28/h8-9,11,13-16,22,29,31,36,54-55H,2-7,10,12,17-21,23-26H2,1H3,(H,45,52,57)(H,46,53,58)/t29?,31-/m1/s1. The van der Waals surface area contributed by atoms with E-state index in [1.165, 1.54) is 20.3 Å². The van der Waals surface area contributed by atoms with Crippen LogP contribution in [0.2, 0.25) is 0 Å². The molecular formula is C44H52N6O6S2. The maximum atomic E-state index is 14.2. The monoisotopic (exact) mass is 824 g/mol. The van der Waals surface area contributed by atoms with Crippen molar-refractivity contribution in [1.29, 1.82) is 0 Å². The number of allylic oxidation sites excluding steroid dienone is 4. The van der Waals surface area contributed by atoms with Crippen molar-refractivity contribution >= 4 is 24.4 Å². The van der Waals surface area contributed by atoms with Crippen LogP contribution in [0.25, 0.3) is 0 Å². The van der Waals surface area contributed by atoms with Crippen molar-refractivity contribution < 1.29 is 14.9 Å². The summed E-state index contributed by atoms with van der Waals surface area (Å²) < 4.78 is 11.0. The number of pyridine rings is 1. The highest BCUT2D eigenvalue weighted by atomic mass is 32.1. The first-order valence-corrected chi connectivity index (χ1v) is 21.5. The smallest absolute Gasteiger partial charge is 0.259 e. The van der Waals surface area contributed by atoms with Crippen LogP contribution in [0, 0.1) is 15.5 Å². The van der Waals surface area contributed by atoms with Crippen molar-refractivity contribution in [3.05, 3.63) is 128 Å². The highest BCUT2D eigenvalue weighted by Gasteiger charge is 2.36. The van der Waals surface area contributed by atoms with Gasteiger partial charge in [-0.15, -0.1) is 0 Å². The van der Waals surface area contributed by atoms with Crippen molar-refractivity contribution in [2.45, 2.75) is 109 Å². The molecule has 2 bridgehead atoms. The Labute approximate surface area is 347 Å². The number of fused-ring (bicyclic) bond motifs is 4. The van der Waals surface area contributed by atoms with Gasteiger partial charge in [0.15, 0.2) is 9.54 Å². The molecule has 306 valence electrons. The number of methoxy groups -OCH3 is 1. The Morgan fingerprint density at radius 1 is 0.810 bits per heavy atom. The summed E-state index contributed by atoms with van der Waals surface area (Å²) >= 11 is 11.2. The van der Waals surface area contributed by atoms with E-state index in [-0.39, 0.29) is 43.9 Å². The van der Waals surface area contributed by atoms with Gasteiger partial charge in [-0.2, -0.15) is 0 Å². The lowest BCUT2D eigenvalue weighted by atomic mass is 9.82. The largest absolute Gasteiger partial charge is 0.496 e. The molecule has 14 heteroatoms. The fraction of sp³-hybridized carbons (Fsp3) is 0.477. The molecule has 8 rings (SSSR count). The highest BCUT2D eigenvalue weighted by Crippen LogP contribution is 2.41. The lowest BCUT2D eigenvalue weighted by Crippen LogP contribution is -2.46. The van der Waals surface area contributed by atoms with Gasteiger partial charge in [-0.1, -0.05) is 35.4 Å². The summed E-state index contributed by atoms with van der Waals surface area (Å²) in [5.41, 5.74) is 3.44. The number of ether oxygens (including phenoxy) is 1. The van der Waals surface area contributed by atoms with Gasteiger partial charge in [-0.3, -0.25) is 38.4 Å². The van der Waals surface area contributed by atoms with Crippen LogP contribution in [0.1, 0.15) is 110 Å². The Kier molecular flexibility index (Phi) is 11.9. The van der Waals surface area contributed by atoms with Crippen LogP contribution in [0.3, 0.4) is 0 Å². The zero-order valence-electron chi connectivity index (χ0n) is 33.0. The SMILES string of the molecule is COc1ccc(C(c2c(O)n(CCC3=CCCCC3)c(=S)[nH]c2=O)c2c(O)n(CCC3=CCCCC3)c(=S)[nH]c2=O)cc1CN1CC2C[C@H](C1)c1cccc(=O)n1C2. The Morgan fingerprint density at radius 2 is 1.43 bits per heavy atom. The average molecular weight is 825 g/mol. The van der Waals surface area contributed by atoms with Crippen molar-refractivity contribution in [3.8, 4) is 17.5 Å². The van der Waals surface area contributed by atoms with E-state index in [1.54, 1.807) is 19.2 Å². The molecule has 4 N–H and O–H groups in total. The molecule has 2 aliphatic carbocycles. The molecule has 0 radical (unpaired) electrons. The molecular weight excluding hydrogens is 773 g/mol. The molecule has 58 heavy (non-hydrogen) atoms. The first kappa shape index (κ1) is 40.0. The van der Waals surface area contributed by atoms with Gasteiger partial charge in [0, 0.05) is 62.5 Å². The third kappa shape index (κ3) is 8.10. The van der Waals surface area contributed by atoms with Crippen LogP contribution in [-0.4, -0.2) is 59.0 Å². The van der Waals surface area contributed by atoms with E-state index in [9.17, 15) is 24.6 Å². The summed E-state index contributed by atoms with van der Waals surface area (Å²) in [6, 6.07) is 11.0. The first-order chi connectivity index (χ1) is 28.1. The number of aromatic amines is 2. The van der Waals surface area contributed by atoms with Crippen LogP contribution in [0.15, 0.2) is 74.1 Å². The molecule has 3 aromatic heterocycles. The predicted molar refractivity (Wildman–Crippen MR) is 228 cm³/mol. The maximum Gasteiger partial charge on any atom is 0.259 e. The van der Waals surface area contributed by atoms with Gasteiger partial charge in [0.2, 0.25) is 11.8 Å². The van der Waals surface area contributed by atoms with E-state index < -0.39 is 17.0 Å². The van der Waals surface area contributed by atoms with Crippen molar-refractivity contribution in [1.82, 2.24) is 28.6 Å². The molecule has 0 amide bonds. The molecule has 1 aromatic carbocycles. The minimum absolute atomic E-state index is 0.0329. The van der Waals surface area contributed by atoms with Crippen LogP contribution >= 0.6 is 24.4 Å². The molecule has 4 aliphatic rings. The Morgan fingerprint density at radius 3 is 2.00 bits per heavy atom. The van der Waals surface area contributed by atoms with Crippen molar-refractivity contribution in [2.24, 2.45) is 5.92 Å². The first-order valence-electron chi connectivity index (χ1n) is 20.7. The third-order valence-electron chi connectivity index (χ3n) is 12.7. The molecule has 2 atom stereocenters. The summed E-state index contributed by atoms with van der Waals surface area (Å²) in [4.78, 5) is 49.0. The molecule has 1 unspecified atom stereocenters. The van der Waals surface area contributed by atoms with Crippen molar-refractivity contribution in [3.63, 3.8) is 0 Å². The number of rotatable bonds is 12. The minimum Gasteiger partial charge on any atom is -0.496 e. The fourth-order valence-corrected chi connectivity index (χ4v) is 10.3. The molecule has 0 saturated carbocycles. The summed E-state index contributed by atoms with van der Waals surface area (Å²) in [5, 5.41) is 24.3. The second-order valence-electron chi connectivity index (χ2n) is 16.4. The van der Waals surface area contributed by atoms with Crippen LogP contribution < -0.4 is 21.4 Å². The normalized spacial score (nSPS) is 19.4. The number of likely N-dealkylation sites (tertiary alicyclic amines) is 1. The van der Waals surface area contributed by atoms with Gasteiger partial charge in [-0.05, 0) is 125 Å². The third-order valence-corrected chi connectivity index (χ3v) is 13.3. The number of hydrogen-bond donors (Lipinski definition) is 4. The maximum absolute atomic E-state index is 14.2. The predicted octanol–water partition coefficient (Wildman–Crippen LogP) is 7.29. The number of aromatic nitrogens is 5. The van der Waals surface area contributed by atoms with Gasteiger partial charge >= 0.3 is 0 Å². The quantitative estimate of drug-likeness (QED) is 0.0854. The Balaban J connectivity index is 1.23. The van der Waals surface area contributed by atoms with Gasteiger partial charge in [0.05, 0.1) is 24.2 Å². The molecule has 1 fully saturated rings.